The molecule has 1 unspecified atom stereocenters. The summed E-state index contributed by atoms with van der Waals surface area (Å²) in [5, 5.41) is 2.36. The van der Waals surface area contributed by atoms with E-state index in [1.54, 1.807) is 32.9 Å². The minimum Gasteiger partial charge on any atom is -0.444 e. The highest BCUT2D eigenvalue weighted by Gasteiger charge is 2.21. The molecule has 1 heterocycles. The van der Waals surface area contributed by atoms with E-state index in [0.29, 0.717) is 0 Å². The molecule has 0 aliphatic heterocycles. The summed E-state index contributed by atoms with van der Waals surface area (Å²) in [7, 11) is 0. The van der Waals surface area contributed by atoms with Crippen molar-refractivity contribution in [2.24, 2.45) is 0 Å². The fourth-order valence-electron chi connectivity index (χ4n) is 1.34. The maximum atomic E-state index is 11.8. The van der Waals surface area contributed by atoms with Gasteiger partial charge in [-0.3, -0.25) is 25.4 Å². The molecule has 0 radical (unpaired) electrons. The van der Waals surface area contributed by atoms with Gasteiger partial charge >= 0.3 is 6.09 Å². The van der Waals surface area contributed by atoms with Crippen molar-refractivity contribution < 1.29 is 19.1 Å². The molecule has 0 spiro atoms. The molecule has 8 nitrogen and oxygen atoms in total. The first-order chi connectivity index (χ1) is 10.2. The Morgan fingerprint density at radius 1 is 1.18 bits per heavy atom. The highest BCUT2D eigenvalue weighted by Crippen LogP contribution is 2.06. The highest BCUT2D eigenvalue weighted by molar-refractivity contribution is 5.94. The predicted molar refractivity (Wildman–Crippen MR) is 78.7 cm³/mol. The number of ether oxygens (including phenoxy) is 1. The van der Waals surface area contributed by atoms with Gasteiger partial charge in [0.2, 0.25) is 0 Å². The minimum absolute atomic E-state index is 0.163. The molecule has 8 heteroatoms. The normalized spacial score (nSPS) is 12.0. The van der Waals surface area contributed by atoms with Crippen LogP contribution in [0.4, 0.5) is 4.79 Å². The molecule has 1 atom stereocenters. The maximum Gasteiger partial charge on any atom is 0.408 e. The van der Waals surface area contributed by atoms with Crippen LogP contribution in [-0.4, -0.2) is 34.5 Å². The van der Waals surface area contributed by atoms with Crippen LogP contribution in [0.5, 0.6) is 0 Å². The van der Waals surface area contributed by atoms with Gasteiger partial charge in [-0.2, -0.15) is 0 Å². The Morgan fingerprint density at radius 3 is 2.41 bits per heavy atom. The number of nitrogens with one attached hydrogen (secondary N) is 3. The van der Waals surface area contributed by atoms with E-state index in [9.17, 15) is 14.4 Å². The molecule has 0 fully saturated rings. The van der Waals surface area contributed by atoms with Crippen molar-refractivity contribution in [3.05, 3.63) is 30.1 Å². The largest absolute Gasteiger partial charge is 0.444 e. The second kappa shape index (κ2) is 7.39. The lowest BCUT2D eigenvalue weighted by Crippen LogP contribution is -2.51. The Hall–Kier alpha value is -2.64. The lowest BCUT2D eigenvalue weighted by molar-refractivity contribution is -0.123. The third-order valence-corrected chi connectivity index (χ3v) is 2.32. The van der Waals surface area contributed by atoms with Crippen LogP contribution in [-0.2, 0) is 9.53 Å². The third kappa shape index (κ3) is 6.21. The van der Waals surface area contributed by atoms with Gasteiger partial charge in [0.15, 0.2) is 0 Å². The number of pyridine rings is 1. The van der Waals surface area contributed by atoms with Crippen LogP contribution < -0.4 is 16.2 Å². The van der Waals surface area contributed by atoms with Crippen molar-refractivity contribution in [1.82, 2.24) is 21.2 Å². The minimum atomic E-state index is -0.876. The Labute approximate surface area is 128 Å². The van der Waals surface area contributed by atoms with E-state index in [1.807, 2.05) is 0 Å². The van der Waals surface area contributed by atoms with Gasteiger partial charge in [-0.1, -0.05) is 6.07 Å². The summed E-state index contributed by atoms with van der Waals surface area (Å²) < 4.78 is 5.03. The standard InChI is InChI=1S/C14H20N4O4/c1-9(16-13(21)22-14(2,3)4)11(19)17-18-12(20)10-7-5-6-8-15-10/h5-9H,1-4H3,(H,16,21)(H,17,19)(H,18,20). The van der Waals surface area contributed by atoms with Gasteiger partial charge in [0.25, 0.3) is 11.8 Å². The maximum absolute atomic E-state index is 11.8. The van der Waals surface area contributed by atoms with E-state index in [2.05, 4.69) is 21.2 Å². The predicted octanol–water partition coefficient (Wildman–Crippen LogP) is 0.756. The second-order valence-corrected chi connectivity index (χ2v) is 5.53. The Kier molecular flexibility index (Phi) is 5.85. The monoisotopic (exact) mass is 308 g/mol. The topological polar surface area (TPSA) is 109 Å². The number of hydrogen-bond donors (Lipinski definition) is 3. The van der Waals surface area contributed by atoms with Gasteiger partial charge in [0.05, 0.1) is 0 Å². The summed E-state index contributed by atoms with van der Waals surface area (Å²) in [6, 6.07) is 3.95. The number of rotatable bonds is 3. The molecule has 0 aliphatic carbocycles. The molecule has 3 N–H and O–H groups in total. The van der Waals surface area contributed by atoms with E-state index < -0.39 is 29.6 Å². The second-order valence-electron chi connectivity index (χ2n) is 5.53. The number of aromatic nitrogens is 1. The summed E-state index contributed by atoms with van der Waals surface area (Å²) in [5.41, 5.74) is 3.91. The molecule has 0 saturated heterocycles. The van der Waals surface area contributed by atoms with Crippen LogP contribution in [0.3, 0.4) is 0 Å². The van der Waals surface area contributed by atoms with Crippen molar-refractivity contribution in [3.63, 3.8) is 0 Å². The third-order valence-electron chi connectivity index (χ3n) is 2.32. The highest BCUT2D eigenvalue weighted by atomic mass is 16.6. The smallest absolute Gasteiger partial charge is 0.408 e. The van der Waals surface area contributed by atoms with Gasteiger partial charge < -0.3 is 10.1 Å². The number of amides is 3. The van der Waals surface area contributed by atoms with E-state index in [1.165, 1.54) is 19.2 Å². The van der Waals surface area contributed by atoms with Gasteiger partial charge in [0, 0.05) is 6.20 Å². The number of nitrogens with zero attached hydrogens (tertiary/aromatic N) is 1. The summed E-state index contributed by atoms with van der Waals surface area (Å²) in [6.45, 7) is 6.60. The van der Waals surface area contributed by atoms with Crippen molar-refractivity contribution in [2.45, 2.75) is 39.3 Å². The van der Waals surface area contributed by atoms with Crippen molar-refractivity contribution in [2.75, 3.05) is 0 Å². The van der Waals surface area contributed by atoms with E-state index in [-0.39, 0.29) is 5.69 Å². The van der Waals surface area contributed by atoms with Crippen LogP contribution >= 0.6 is 0 Å². The molecule has 0 aliphatic rings. The summed E-state index contributed by atoms with van der Waals surface area (Å²) >= 11 is 0. The molecule has 0 bridgehead atoms. The molecule has 3 amide bonds. The number of carbonyl (C=O) groups is 3. The van der Waals surface area contributed by atoms with Gasteiger partial charge in [0.1, 0.15) is 17.3 Å². The van der Waals surface area contributed by atoms with E-state index in [0.717, 1.165) is 0 Å². The van der Waals surface area contributed by atoms with E-state index in [4.69, 9.17) is 4.74 Å². The van der Waals surface area contributed by atoms with E-state index >= 15 is 0 Å². The van der Waals surface area contributed by atoms with Crippen LogP contribution in [0.25, 0.3) is 0 Å². The SMILES string of the molecule is CC(NC(=O)OC(C)(C)C)C(=O)NNC(=O)c1ccccn1. The summed E-state index contributed by atoms with van der Waals surface area (Å²) in [6.07, 6.45) is 0.745. The van der Waals surface area contributed by atoms with Crippen LogP contribution in [0.15, 0.2) is 24.4 Å². The number of hydrazine groups is 1. The fraction of sp³-hybridized carbons (Fsp3) is 0.429. The number of hydrogen-bond acceptors (Lipinski definition) is 5. The van der Waals surface area contributed by atoms with Crippen LogP contribution in [0.2, 0.25) is 0 Å². The lowest BCUT2D eigenvalue weighted by Gasteiger charge is -2.21. The molecule has 1 aromatic heterocycles. The average molecular weight is 308 g/mol. The average Bonchev–Trinajstić information content (AvgIpc) is 2.43. The molecule has 22 heavy (non-hydrogen) atoms. The van der Waals surface area contributed by atoms with Crippen LogP contribution in [0.1, 0.15) is 38.2 Å². The Bertz CT molecular complexity index is 540. The molecule has 1 aromatic rings. The van der Waals surface area contributed by atoms with Crippen molar-refractivity contribution in [1.29, 1.82) is 0 Å². The summed E-state index contributed by atoms with van der Waals surface area (Å²) in [5.74, 6) is -1.14. The molecule has 1 rings (SSSR count). The first-order valence-electron chi connectivity index (χ1n) is 6.70. The van der Waals surface area contributed by atoms with Crippen molar-refractivity contribution >= 4 is 17.9 Å². The van der Waals surface area contributed by atoms with Gasteiger partial charge in [-0.25, -0.2) is 4.79 Å². The molecular formula is C14H20N4O4. The fourth-order valence-corrected chi connectivity index (χ4v) is 1.34. The number of alkyl carbamates (subject to hydrolysis) is 1. The zero-order chi connectivity index (χ0) is 16.8. The first kappa shape index (κ1) is 17.4. The zero-order valence-corrected chi connectivity index (χ0v) is 13.0. The molecule has 0 saturated carbocycles. The zero-order valence-electron chi connectivity index (χ0n) is 13.0. The Balaban J connectivity index is 2.42. The Morgan fingerprint density at radius 2 is 1.86 bits per heavy atom. The van der Waals surface area contributed by atoms with Gasteiger partial charge in [-0.05, 0) is 39.8 Å². The molecular weight excluding hydrogens is 288 g/mol. The van der Waals surface area contributed by atoms with Crippen LogP contribution in [0, 0.1) is 0 Å². The molecule has 0 aromatic carbocycles. The first-order valence-corrected chi connectivity index (χ1v) is 6.70. The van der Waals surface area contributed by atoms with Gasteiger partial charge in [-0.15, -0.1) is 0 Å². The number of carbonyl (C=O) groups excluding carboxylic acids is 3. The van der Waals surface area contributed by atoms with Crippen molar-refractivity contribution in [3.8, 4) is 0 Å². The lowest BCUT2D eigenvalue weighted by atomic mass is 10.2. The summed E-state index contributed by atoms with van der Waals surface area (Å²) in [4.78, 5) is 38.8. The quantitative estimate of drug-likeness (QED) is 0.714. The molecule has 120 valence electrons.